The number of thiazole rings is 1. The maximum Gasteiger partial charge on any atom is 0.321 e. The molecular weight excluding hydrogens is 314 g/mol. The summed E-state index contributed by atoms with van der Waals surface area (Å²) in [5.74, 6) is 0.107. The molecule has 0 spiro atoms. The normalized spacial score (nSPS) is 17.7. The van der Waals surface area contributed by atoms with Crippen molar-refractivity contribution in [1.82, 2.24) is 20.5 Å². The fourth-order valence-electron chi connectivity index (χ4n) is 2.54. The molecule has 1 fully saturated rings. The Balaban J connectivity index is 1.53. The zero-order valence-electron chi connectivity index (χ0n) is 13.5. The highest BCUT2D eigenvalue weighted by Gasteiger charge is 2.26. The van der Waals surface area contributed by atoms with Gasteiger partial charge in [-0.1, -0.05) is 0 Å². The first-order valence-electron chi connectivity index (χ1n) is 8.07. The summed E-state index contributed by atoms with van der Waals surface area (Å²) in [6.07, 6.45) is 3.03. The Morgan fingerprint density at radius 1 is 1.39 bits per heavy atom. The molecule has 1 aromatic rings. The number of nitrogens with one attached hydrogen (secondary N) is 3. The molecule has 1 aliphatic heterocycles. The maximum atomic E-state index is 11.9. The van der Waals surface area contributed by atoms with Crippen LogP contribution in [0.15, 0.2) is 0 Å². The zero-order valence-corrected chi connectivity index (χ0v) is 14.3. The second-order valence-electron chi connectivity index (χ2n) is 6.44. The minimum atomic E-state index is -0.230. The number of anilines is 1. The van der Waals surface area contributed by atoms with Crippen molar-refractivity contribution in [2.75, 3.05) is 18.4 Å². The van der Waals surface area contributed by atoms with Crippen LogP contribution in [0.5, 0.6) is 0 Å². The second-order valence-corrected chi connectivity index (χ2v) is 7.53. The molecule has 1 saturated carbocycles. The fraction of sp³-hybridized carbons (Fsp3) is 0.667. The lowest BCUT2D eigenvalue weighted by Crippen LogP contribution is -2.40. The molecule has 3 N–H and O–H groups in total. The van der Waals surface area contributed by atoms with Crippen molar-refractivity contribution in [3.8, 4) is 0 Å². The van der Waals surface area contributed by atoms with E-state index in [-0.39, 0.29) is 18.0 Å². The molecule has 7 nitrogen and oxygen atoms in total. The van der Waals surface area contributed by atoms with Crippen molar-refractivity contribution < 1.29 is 9.59 Å². The number of rotatable bonds is 5. The molecule has 1 aromatic heterocycles. The first-order valence-corrected chi connectivity index (χ1v) is 8.89. The number of hydrogen-bond acceptors (Lipinski definition) is 5. The Labute approximate surface area is 139 Å². The number of urea groups is 1. The lowest BCUT2D eigenvalue weighted by Gasteiger charge is -2.25. The van der Waals surface area contributed by atoms with Gasteiger partial charge in [-0.05, 0) is 26.7 Å². The van der Waals surface area contributed by atoms with E-state index in [9.17, 15) is 9.59 Å². The summed E-state index contributed by atoms with van der Waals surface area (Å²) < 4.78 is 0. The van der Waals surface area contributed by atoms with Gasteiger partial charge in [-0.2, -0.15) is 0 Å². The van der Waals surface area contributed by atoms with E-state index in [0.717, 1.165) is 42.9 Å². The Hall–Kier alpha value is -1.67. The third-order valence-electron chi connectivity index (χ3n) is 3.76. The number of amides is 3. The molecule has 0 saturated heterocycles. The van der Waals surface area contributed by atoms with Gasteiger partial charge in [-0.15, -0.1) is 11.3 Å². The van der Waals surface area contributed by atoms with E-state index in [2.05, 4.69) is 25.8 Å². The van der Waals surface area contributed by atoms with Crippen molar-refractivity contribution in [2.24, 2.45) is 0 Å². The van der Waals surface area contributed by atoms with E-state index in [1.807, 2.05) is 13.8 Å². The van der Waals surface area contributed by atoms with Crippen LogP contribution in [0.1, 0.15) is 37.3 Å². The predicted octanol–water partition coefficient (Wildman–Crippen LogP) is 1.31. The summed E-state index contributed by atoms with van der Waals surface area (Å²) in [6, 6.07) is 0.262. The van der Waals surface area contributed by atoms with E-state index in [1.54, 1.807) is 0 Å². The molecule has 2 aliphatic rings. The van der Waals surface area contributed by atoms with Crippen LogP contribution >= 0.6 is 11.3 Å². The Bertz CT molecular complexity index is 597. The van der Waals surface area contributed by atoms with Gasteiger partial charge in [0.15, 0.2) is 5.13 Å². The highest BCUT2D eigenvalue weighted by molar-refractivity contribution is 7.15. The summed E-state index contributed by atoms with van der Waals surface area (Å²) in [5, 5.41) is 9.20. The second kappa shape index (κ2) is 6.84. The number of carbonyl (C=O) groups is 2. The molecule has 0 unspecified atom stereocenters. The number of nitrogens with zero attached hydrogens (tertiary/aromatic N) is 2. The van der Waals surface area contributed by atoms with Gasteiger partial charge in [0.25, 0.3) is 0 Å². The van der Waals surface area contributed by atoms with Crippen molar-refractivity contribution in [3.63, 3.8) is 0 Å². The van der Waals surface area contributed by atoms with Gasteiger partial charge in [0.05, 0.1) is 12.2 Å². The number of hydrogen-bond donors (Lipinski definition) is 3. The largest absolute Gasteiger partial charge is 0.352 e. The minimum Gasteiger partial charge on any atom is -0.352 e. The highest BCUT2D eigenvalue weighted by atomic mass is 32.1. The van der Waals surface area contributed by atoms with Crippen LogP contribution in [0.4, 0.5) is 9.93 Å². The number of fused-ring (bicyclic) bond motifs is 1. The van der Waals surface area contributed by atoms with Gasteiger partial charge < -0.3 is 10.6 Å². The Kier molecular flexibility index (Phi) is 4.82. The van der Waals surface area contributed by atoms with Crippen LogP contribution in [-0.2, 0) is 17.8 Å². The first-order chi connectivity index (χ1) is 11.0. The van der Waals surface area contributed by atoms with Crippen molar-refractivity contribution in [2.45, 2.75) is 51.7 Å². The number of carbonyl (C=O) groups excluding carboxylic acids is 2. The Morgan fingerprint density at radius 3 is 2.87 bits per heavy atom. The van der Waals surface area contributed by atoms with E-state index in [4.69, 9.17) is 0 Å². The lowest BCUT2D eigenvalue weighted by atomic mass is 10.2. The zero-order chi connectivity index (χ0) is 16.4. The lowest BCUT2D eigenvalue weighted by molar-refractivity contribution is -0.122. The average Bonchev–Trinajstić information content (AvgIpc) is 3.15. The first kappa shape index (κ1) is 16.2. The third-order valence-corrected chi connectivity index (χ3v) is 4.76. The molecule has 0 bridgehead atoms. The van der Waals surface area contributed by atoms with Crippen molar-refractivity contribution in [1.29, 1.82) is 0 Å². The SMILES string of the molecule is CC(C)NC(=O)Nc1nc2c(s1)CN(CC(=O)NC1CC1)CC2. The van der Waals surface area contributed by atoms with E-state index >= 15 is 0 Å². The van der Waals surface area contributed by atoms with Gasteiger partial charge in [-0.25, -0.2) is 9.78 Å². The standard InChI is InChI=1S/C15H23N5O2S/c1-9(2)16-14(22)19-15-18-11-5-6-20(7-12(11)23-15)8-13(21)17-10-3-4-10/h9-10H,3-8H2,1-2H3,(H,17,21)(H2,16,18,19,22). The van der Waals surface area contributed by atoms with Gasteiger partial charge in [0.1, 0.15) is 0 Å². The highest BCUT2D eigenvalue weighted by Crippen LogP contribution is 2.28. The van der Waals surface area contributed by atoms with Crippen molar-refractivity contribution in [3.05, 3.63) is 10.6 Å². The quantitative estimate of drug-likeness (QED) is 0.756. The summed E-state index contributed by atoms with van der Waals surface area (Å²) in [6.45, 7) is 5.81. The third kappa shape index (κ3) is 4.65. The molecule has 8 heteroatoms. The van der Waals surface area contributed by atoms with Crippen LogP contribution in [0, 0.1) is 0 Å². The van der Waals surface area contributed by atoms with Crippen LogP contribution in [0.25, 0.3) is 0 Å². The summed E-state index contributed by atoms with van der Waals surface area (Å²) in [4.78, 5) is 31.4. The molecule has 0 atom stereocenters. The molecule has 0 radical (unpaired) electrons. The predicted molar refractivity (Wildman–Crippen MR) is 89.6 cm³/mol. The van der Waals surface area contributed by atoms with Crippen LogP contribution in [0.3, 0.4) is 0 Å². The molecule has 1 aliphatic carbocycles. The van der Waals surface area contributed by atoms with Gasteiger partial charge in [-0.3, -0.25) is 15.0 Å². The monoisotopic (exact) mass is 337 g/mol. The molecule has 2 heterocycles. The van der Waals surface area contributed by atoms with Gasteiger partial charge in [0.2, 0.25) is 5.91 Å². The van der Waals surface area contributed by atoms with Crippen LogP contribution in [0.2, 0.25) is 0 Å². The molecule has 3 rings (SSSR count). The fourth-order valence-corrected chi connectivity index (χ4v) is 3.58. The molecule has 23 heavy (non-hydrogen) atoms. The van der Waals surface area contributed by atoms with Crippen molar-refractivity contribution >= 4 is 28.4 Å². The molecule has 126 valence electrons. The topological polar surface area (TPSA) is 86.4 Å². The summed E-state index contributed by atoms with van der Waals surface area (Å²) >= 11 is 1.49. The van der Waals surface area contributed by atoms with E-state index in [1.165, 1.54) is 11.3 Å². The molecule has 0 aromatic carbocycles. The van der Waals surface area contributed by atoms with Gasteiger partial charge in [0, 0.05) is 36.5 Å². The smallest absolute Gasteiger partial charge is 0.321 e. The molecular formula is C15H23N5O2S. The molecule has 3 amide bonds. The van der Waals surface area contributed by atoms with Crippen LogP contribution < -0.4 is 16.0 Å². The van der Waals surface area contributed by atoms with E-state index < -0.39 is 0 Å². The average molecular weight is 337 g/mol. The Morgan fingerprint density at radius 2 is 2.17 bits per heavy atom. The maximum absolute atomic E-state index is 11.9. The van der Waals surface area contributed by atoms with E-state index in [0.29, 0.717) is 17.7 Å². The van der Waals surface area contributed by atoms with Crippen LogP contribution in [-0.4, -0.2) is 47.0 Å². The van der Waals surface area contributed by atoms with Gasteiger partial charge >= 0.3 is 6.03 Å². The minimum absolute atomic E-state index is 0.0880. The summed E-state index contributed by atoms with van der Waals surface area (Å²) in [7, 11) is 0. The number of aromatic nitrogens is 1. The summed E-state index contributed by atoms with van der Waals surface area (Å²) in [5.41, 5.74) is 1.04.